The van der Waals surface area contributed by atoms with E-state index >= 15 is 0 Å². The smallest absolute Gasteiger partial charge is 0.208 e. The van der Waals surface area contributed by atoms with Crippen LogP contribution >= 0.6 is 27.5 Å². The molecule has 1 saturated carbocycles. The summed E-state index contributed by atoms with van der Waals surface area (Å²) in [5.74, 6) is -0.757. The quantitative estimate of drug-likeness (QED) is 0.829. The van der Waals surface area contributed by atoms with Crippen LogP contribution in [-0.4, -0.2) is 19.8 Å². The normalized spacial score (nSPS) is 24.4. The van der Waals surface area contributed by atoms with Gasteiger partial charge in [0.2, 0.25) is 10.0 Å². The largest absolute Gasteiger partial charge is 0.243 e. The summed E-state index contributed by atoms with van der Waals surface area (Å²) >= 11 is 9.07. The van der Waals surface area contributed by atoms with Gasteiger partial charge in [-0.3, -0.25) is 0 Å². The summed E-state index contributed by atoms with van der Waals surface area (Å²) in [4.78, 5) is -0.316. The van der Waals surface area contributed by atoms with Crippen molar-refractivity contribution in [3.8, 4) is 0 Å². The first-order valence-corrected chi connectivity index (χ1v) is 8.71. The highest BCUT2D eigenvalue weighted by Gasteiger charge is 2.26. The van der Waals surface area contributed by atoms with Crippen molar-refractivity contribution in [1.29, 1.82) is 0 Å². The zero-order valence-electron chi connectivity index (χ0n) is 10.1. The zero-order chi connectivity index (χ0) is 14.0. The molecule has 1 N–H and O–H groups in total. The van der Waals surface area contributed by atoms with E-state index in [9.17, 15) is 12.8 Å². The molecular weight excluding hydrogens is 357 g/mol. The lowest BCUT2D eigenvalue weighted by Gasteiger charge is -2.25. The number of nitrogens with one attached hydrogen (secondary N) is 1. The van der Waals surface area contributed by atoms with Crippen molar-refractivity contribution in [2.45, 2.75) is 42.0 Å². The lowest BCUT2D eigenvalue weighted by atomic mass is 9.96. The Morgan fingerprint density at radius 2 is 1.89 bits per heavy atom. The van der Waals surface area contributed by atoms with Crippen LogP contribution in [0.2, 0.25) is 0 Å². The molecule has 0 unspecified atom stereocenters. The number of alkyl halides is 1. The van der Waals surface area contributed by atoms with Gasteiger partial charge >= 0.3 is 0 Å². The maximum Gasteiger partial charge on any atom is 0.243 e. The first-order valence-electron chi connectivity index (χ1n) is 6.00. The van der Waals surface area contributed by atoms with Crippen molar-refractivity contribution < 1.29 is 12.8 Å². The van der Waals surface area contributed by atoms with Crippen LogP contribution in [0.25, 0.3) is 0 Å². The topological polar surface area (TPSA) is 46.2 Å². The van der Waals surface area contributed by atoms with E-state index in [2.05, 4.69) is 20.7 Å². The molecule has 1 fully saturated rings. The van der Waals surface area contributed by atoms with E-state index in [0.717, 1.165) is 18.9 Å². The first-order chi connectivity index (χ1) is 8.88. The fraction of sp³-hybridized carbons (Fsp3) is 0.500. The van der Waals surface area contributed by atoms with Crippen molar-refractivity contribution in [1.82, 2.24) is 4.72 Å². The predicted molar refractivity (Wildman–Crippen MR) is 76.3 cm³/mol. The van der Waals surface area contributed by atoms with Crippen molar-refractivity contribution in [3.05, 3.63) is 28.5 Å². The molecule has 1 aromatic carbocycles. The summed E-state index contributed by atoms with van der Waals surface area (Å²) < 4.78 is 41.0. The van der Waals surface area contributed by atoms with Crippen LogP contribution < -0.4 is 4.72 Å². The van der Waals surface area contributed by atoms with Gasteiger partial charge in [0.15, 0.2) is 0 Å². The molecule has 7 heteroatoms. The minimum atomic E-state index is -3.81. The predicted octanol–water partition coefficient (Wildman–Crippen LogP) is 3.42. The van der Waals surface area contributed by atoms with Crippen LogP contribution in [0, 0.1) is 5.82 Å². The van der Waals surface area contributed by atoms with Gasteiger partial charge in [0.1, 0.15) is 10.7 Å². The van der Waals surface area contributed by atoms with Crippen LogP contribution in [0.5, 0.6) is 0 Å². The molecule has 0 aliphatic heterocycles. The summed E-state index contributed by atoms with van der Waals surface area (Å²) in [7, 11) is -3.81. The summed E-state index contributed by atoms with van der Waals surface area (Å²) in [5, 5.41) is 0.116. The van der Waals surface area contributed by atoms with E-state index in [4.69, 9.17) is 11.6 Å². The van der Waals surface area contributed by atoms with Gasteiger partial charge in [0, 0.05) is 15.9 Å². The molecular formula is C12H14BrClFNO2S. The monoisotopic (exact) mass is 369 g/mol. The Kier molecular flexibility index (Phi) is 4.87. The highest BCUT2D eigenvalue weighted by molar-refractivity contribution is 9.10. The zero-order valence-corrected chi connectivity index (χ0v) is 13.2. The van der Waals surface area contributed by atoms with E-state index in [1.165, 1.54) is 12.1 Å². The second kappa shape index (κ2) is 6.08. The second-order valence-corrected chi connectivity index (χ2v) is 7.86. The average molecular weight is 371 g/mol. The Balaban J connectivity index is 2.14. The molecule has 0 atom stereocenters. The lowest BCUT2D eigenvalue weighted by molar-refractivity contribution is 0.415. The third kappa shape index (κ3) is 3.90. The highest BCUT2D eigenvalue weighted by Crippen LogP contribution is 2.25. The lowest BCUT2D eigenvalue weighted by Crippen LogP contribution is -2.38. The number of rotatable bonds is 3. The molecule has 3 nitrogen and oxygen atoms in total. The molecule has 1 aromatic rings. The fourth-order valence-corrected chi connectivity index (χ4v) is 4.10. The maximum atomic E-state index is 13.7. The molecule has 0 amide bonds. The standard InChI is InChI=1S/C12H14BrClFNO2S/c13-8-1-6-12(11(15)7-8)19(17,18)16-10-4-2-9(14)3-5-10/h1,6-7,9-10,16H,2-5H2. The molecule has 2 rings (SSSR count). The van der Waals surface area contributed by atoms with E-state index in [1.54, 1.807) is 0 Å². The number of hydrogen-bond donors (Lipinski definition) is 1. The van der Waals surface area contributed by atoms with Gasteiger partial charge in [-0.05, 0) is 43.9 Å². The SMILES string of the molecule is O=S(=O)(NC1CCC(Cl)CC1)c1ccc(Br)cc1F. The maximum absolute atomic E-state index is 13.7. The second-order valence-electron chi connectivity index (χ2n) is 4.64. The van der Waals surface area contributed by atoms with Gasteiger partial charge in [-0.2, -0.15) is 0 Å². The molecule has 19 heavy (non-hydrogen) atoms. The van der Waals surface area contributed by atoms with Gasteiger partial charge in [0.05, 0.1) is 0 Å². The van der Waals surface area contributed by atoms with Gasteiger partial charge in [-0.15, -0.1) is 11.6 Å². The van der Waals surface area contributed by atoms with Crippen LogP contribution in [0.15, 0.2) is 27.6 Å². The molecule has 0 spiro atoms. The summed E-state index contributed by atoms with van der Waals surface area (Å²) in [6, 6.07) is 3.75. The molecule has 0 heterocycles. The first kappa shape index (κ1) is 15.2. The van der Waals surface area contributed by atoms with Crippen molar-refractivity contribution in [2.75, 3.05) is 0 Å². The van der Waals surface area contributed by atoms with Gasteiger partial charge in [0.25, 0.3) is 0 Å². The third-order valence-corrected chi connectivity index (χ3v) is 5.65. The number of hydrogen-bond acceptors (Lipinski definition) is 2. The Morgan fingerprint density at radius 3 is 2.47 bits per heavy atom. The van der Waals surface area contributed by atoms with Crippen molar-refractivity contribution >= 4 is 37.6 Å². The minimum absolute atomic E-state index is 0.116. The van der Waals surface area contributed by atoms with Crippen molar-refractivity contribution in [3.63, 3.8) is 0 Å². The molecule has 1 aliphatic rings. The van der Waals surface area contributed by atoms with Gasteiger partial charge in [-0.25, -0.2) is 17.5 Å². The number of benzene rings is 1. The minimum Gasteiger partial charge on any atom is -0.208 e. The average Bonchev–Trinajstić information content (AvgIpc) is 2.31. The van der Waals surface area contributed by atoms with E-state index in [1.807, 2.05) is 0 Å². The molecule has 0 bridgehead atoms. The molecule has 0 radical (unpaired) electrons. The molecule has 1 aliphatic carbocycles. The van der Waals surface area contributed by atoms with E-state index in [-0.39, 0.29) is 16.3 Å². The van der Waals surface area contributed by atoms with Crippen molar-refractivity contribution in [2.24, 2.45) is 0 Å². The Bertz CT molecular complexity index is 559. The van der Waals surface area contributed by atoms with E-state index in [0.29, 0.717) is 17.3 Å². The third-order valence-electron chi connectivity index (χ3n) is 3.16. The molecule has 106 valence electrons. The number of sulfonamides is 1. The van der Waals surface area contributed by atoms with E-state index < -0.39 is 15.8 Å². The highest BCUT2D eigenvalue weighted by atomic mass is 79.9. The molecule has 0 saturated heterocycles. The number of halogens is 3. The Hall–Kier alpha value is -0.170. The molecule has 0 aromatic heterocycles. The van der Waals surface area contributed by atoms with Crippen LogP contribution in [0.1, 0.15) is 25.7 Å². The van der Waals surface area contributed by atoms with Crippen LogP contribution in [0.4, 0.5) is 4.39 Å². The van der Waals surface area contributed by atoms with Crippen LogP contribution in [0.3, 0.4) is 0 Å². The van der Waals surface area contributed by atoms with Gasteiger partial charge < -0.3 is 0 Å². The fourth-order valence-electron chi connectivity index (χ4n) is 2.15. The Morgan fingerprint density at radius 1 is 1.26 bits per heavy atom. The Labute approximate surface area is 125 Å². The summed E-state index contributed by atoms with van der Waals surface area (Å²) in [5.41, 5.74) is 0. The summed E-state index contributed by atoms with van der Waals surface area (Å²) in [6.45, 7) is 0. The summed E-state index contributed by atoms with van der Waals surface area (Å²) in [6.07, 6.45) is 2.92. The van der Waals surface area contributed by atoms with Gasteiger partial charge in [-0.1, -0.05) is 15.9 Å². The van der Waals surface area contributed by atoms with Crippen LogP contribution in [-0.2, 0) is 10.0 Å².